The first-order valence-electron chi connectivity index (χ1n) is 5.22. The molecule has 2 rings (SSSR count). The van der Waals surface area contributed by atoms with Gasteiger partial charge in [-0.25, -0.2) is 17.9 Å². The smallest absolute Gasteiger partial charge is 0.238 e. The number of primary sulfonamides is 1. The number of halogens is 3. The molecule has 0 atom stereocenters. The van der Waals surface area contributed by atoms with Crippen LogP contribution in [0.25, 0.3) is 0 Å². The highest BCUT2D eigenvalue weighted by atomic mass is 79.9. The van der Waals surface area contributed by atoms with E-state index in [1.165, 1.54) is 36.4 Å². The molecule has 2 aromatic rings. The van der Waals surface area contributed by atoms with Crippen molar-refractivity contribution in [3.8, 4) is 11.5 Å². The maximum atomic E-state index is 13.1. The first-order valence-corrected chi connectivity index (χ1v) is 7.94. The highest BCUT2D eigenvalue weighted by molar-refractivity contribution is 9.10. The molecular formula is C12H8BrClFNO3S. The van der Waals surface area contributed by atoms with Crippen molar-refractivity contribution in [2.45, 2.75) is 4.90 Å². The van der Waals surface area contributed by atoms with Crippen molar-refractivity contribution in [1.29, 1.82) is 0 Å². The second-order valence-electron chi connectivity index (χ2n) is 3.81. The van der Waals surface area contributed by atoms with Crippen molar-refractivity contribution in [3.05, 3.63) is 51.7 Å². The predicted molar refractivity (Wildman–Crippen MR) is 77.0 cm³/mol. The van der Waals surface area contributed by atoms with Gasteiger partial charge >= 0.3 is 0 Å². The van der Waals surface area contributed by atoms with Crippen molar-refractivity contribution in [2.75, 3.05) is 0 Å². The van der Waals surface area contributed by atoms with Gasteiger partial charge in [0.1, 0.15) is 17.3 Å². The molecule has 0 aliphatic carbocycles. The first-order chi connectivity index (χ1) is 9.27. The molecule has 2 N–H and O–H groups in total. The lowest BCUT2D eigenvalue weighted by molar-refractivity contribution is 0.473. The average molecular weight is 381 g/mol. The van der Waals surface area contributed by atoms with Crippen molar-refractivity contribution in [1.82, 2.24) is 0 Å². The van der Waals surface area contributed by atoms with E-state index in [1.54, 1.807) is 0 Å². The van der Waals surface area contributed by atoms with Crippen LogP contribution in [0.4, 0.5) is 4.39 Å². The van der Waals surface area contributed by atoms with E-state index < -0.39 is 15.8 Å². The van der Waals surface area contributed by atoms with E-state index in [1.807, 2.05) is 0 Å². The monoisotopic (exact) mass is 379 g/mol. The van der Waals surface area contributed by atoms with Gasteiger partial charge in [-0.1, -0.05) is 11.6 Å². The van der Waals surface area contributed by atoms with Crippen LogP contribution in [0.5, 0.6) is 11.5 Å². The van der Waals surface area contributed by atoms with Gasteiger partial charge in [0.15, 0.2) is 0 Å². The molecule has 0 bridgehead atoms. The highest BCUT2D eigenvalue weighted by Gasteiger charge is 2.13. The molecule has 0 aromatic heterocycles. The van der Waals surface area contributed by atoms with Crippen molar-refractivity contribution in [3.63, 3.8) is 0 Å². The molecular weight excluding hydrogens is 373 g/mol. The van der Waals surface area contributed by atoms with E-state index in [0.29, 0.717) is 4.47 Å². The number of sulfonamides is 1. The molecule has 0 aliphatic heterocycles. The van der Waals surface area contributed by atoms with Crippen LogP contribution in [0.2, 0.25) is 5.02 Å². The Labute approximate surface area is 128 Å². The van der Waals surface area contributed by atoms with E-state index in [0.717, 1.165) is 0 Å². The lowest BCUT2D eigenvalue weighted by Crippen LogP contribution is -2.11. The van der Waals surface area contributed by atoms with Crippen LogP contribution in [0.15, 0.2) is 45.8 Å². The summed E-state index contributed by atoms with van der Waals surface area (Å²) >= 11 is 9.13. The molecule has 0 spiro atoms. The number of ether oxygens (including phenoxy) is 1. The van der Waals surface area contributed by atoms with Gasteiger partial charge in [0.25, 0.3) is 0 Å². The van der Waals surface area contributed by atoms with Crippen LogP contribution in [0, 0.1) is 5.82 Å². The number of hydrogen-bond acceptors (Lipinski definition) is 3. The molecule has 0 radical (unpaired) electrons. The third kappa shape index (κ3) is 3.49. The van der Waals surface area contributed by atoms with Crippen molar-refractivity contribution >= 4 is 37.6 Å². The maximum Gasteiger partial charge on any atom is 0.238 e. The third-order valence-corrected chi connectivity index (χ3v) is 4.21. The Morgan fingerprint density at radius 3 is 2.45 bits per heavy atom. The Morgan fingerprint density at radius 1 is 1.15 bits per heavy atom. The van der Waals surface area contributed by atoms with Crippen LogP contribution in [-0.4, -0.2) is 8.42 Å². The summed E-state index contributed by atoms with van der Waals surface area (Å²) in [6.07, 6.45) is 0. The molecule has 0 saturated carbocycles. The fraction of sp³-hybridized carbons (Fsp3) is 0. The number of nitrogens with two attached hydrogens (primary N) is 1. The molecule has 0 unspecified atom stereocenters. The second-order valence-corrected chi connectivity index (χ2v) is 6.64. The minimum absolute atomic E-state index is 0.0488. The first kappa shape index (κ1) is 15.2. The Hall–Kier alpha value is -1.15. The minimum atomic E-state index is -3.84. The Bertz CT molecular complexity index is 767. The summed E-state index contributed by atoms with van der Waals surface area (Å²) in [5.74, 6) is -0.0684. The van der Waals surface area contributed by atoms with Gasteiger partial charge in [-0.15, -0.1) is 0 Å². The normalized spacial score (nSPS) is 11.4. The number of benzene rings is 2. The second kappa shape index (κ2) is 5.69. The van der Waals surface area contributed by atoms with Crippen molar-refractivity contribution < 1.29 is 17.5 Å². The zero-order valence-corrected chi connectivity index (χ0v) is 13.0. The molecule has 4 nitrogen and oxygen atoms in total. The van der Waals surface area contributed by atoms with Crippen LogP contribution < -0.4 is 9.88 Å². The van der Waals surface area contributed by atoms with Gasteiger partial charge in [-0.2, -0.15) is 0 Å². The molecule has 8 heteroatoms. The van der Waals surface area contributed by atoms with Crippen LogP contribution in [-0.2, 0) is 10.0 Å². The van der Waals surface area contributed by atoms with Crippen LogP contribution in [0.1, 0.15) is 0 Å². The number of rotatable bonds is 3. The zero-order chi connectivity index (χ0) is 14.9. The van der Waals surface area contributed by atoms with Gasteiger partial charge in [-0.05, 0) is 46.3 Å². The molecule has 106 valence electrons. The lowest BCUT2D eigenvalue weighted by Gasteiger charge is -2.10. The summed E-state index contributed by atoms with van der Waals surface area (Å²) in [6, 6.07) is 7.69. The summed E-state index contributed by atoms with van der Waals surface area (Å²) in [4.78, 5) is -0.131. The average Bonchev–Trinajstić information content (AvgIpc) is 2.35. The third-order valence-electron chi connectivity index (χ3n) is 2.35. The van der Waals surface area contributed by atoms with E-state index in [4.69, 9.17) is 21.5 Å². The largest absolute Gasteiger partial charge is 0.455 e. The lowest BCUT2D eigenvalue weighted by atomic mass is 10.3. The van der Waals surface area contributed by atoms with E-state index in [-0.39, 0.29) is 21.4 Å². The zero-order valence-electron chi connectivity index (χ0n) is 9.81. The Kier molecular flexibility index (Phi) is 4.33. The molecule has 0 amide bonds. The summed E-state index contributed by atoms with van der Waals surface area (Å²) in [6.45, 7) is 0. The molecule has 0 saturated heterocycles. The van der Waals surface area contributed by atoms with Crippen LogP contribution >= 0.6 is 27.5 Å². The van der Waals surface area contributed by atoms with E-state index >= 15 is 0 Å². The fourth-order valence-corrected chi connectivity index (χ4v) is 2.57. The number of hydrogen-bond donors (Lipinski definition) is 1. The van der Waals surface area contributed by atoms with Crippen LogP contribution in [0.3, 0.4) is 0 Å². The maximum absolute atomic E-state index is 13.1. The summed E-state index contributed by atoms with van der Waals surface area (Å²) in [5.41, 5.74) is 0. The molecule has 2 aromatic carbocycles. The van der Waals surface area contributed by atoms with E-state index in [9.17, 15) is 12.8 Å². The topological polar surface area (TPSA) is 69.4 Å². The van der Waals surface area contributed by atoms with Crippen molar-refractivity contribution in [2.24, 2.45) is 5.14 Å². The SMILES string of the molecule is NS(=O)(=O)c1ccc(Oc2cc(F)ccc2Br)c(Cl)c1. The van der Waals surface area contributed by atoms with Gasteiger partial charge in [0.05, 0.1) is 14.4 Å². The van der Waals surface area contributed by atoms with Gasteiger partial charge in [-0.3, -0.25) is 0 Å². The fourth-order valence-electron chi connectivity index (χ4n) is 1.42. The Balaban J connectivity index is 2.38. The highest BCUT2D eigenvalue weighted by Crippen LogP contribution is 2.35. The Morgan fingerprint density at radius 2 is 1.85 bits per heavy atom. The predicted octanol–water partition coefficient (Wildman–Crippen LogP) is 3.68. The summed E-state index contributed by atoms with van der Waals surface area (Å²) in [5, 5.41) is 5.04. The van der Waals surface area contributed by atoms with Gasteiger partial charge in [0, 0.05) is 6.07 Å². The molecule has 0 aliphatic rings. The van der Waals surface area contributed by atoms with E-state index in [2.05, 4.69) is 15.9 Å². The summed E-state index contributed by atoms with van der Waals surface area (Å²) in [7, 11) is -3.84. The quantitative estimate of drug-likeness (QED) is 0.883. The molecule has 0 heterocycles. The molecule has 20 heavy (non-hydrogen) atoms. The summed E-state index contributed by atoms with van der Waals surface area (Å²) < 4.78 is 41.5. The minimum Gasteiger partial charge on any atom is -0.455 e. The van der Waals surface area contributed by atoms with Gasteiger partial charge < -0.3 is 4.74 Å². The standard InChI is InChI=1S/C12H8BrClFNO3S/c13-9-3-1-7(15)5-12(9)19-11-4-2-8(6-10(11)14)20(16,17)18/h1-6H,(H2,16,17,18). The molecule has 0 fully saturated rings. The van der Waals surface area contributed by atoms with Gasteiger partial charge in [0.2, 0.25) is 10.0 Å².